The first-order valence-electron chi connectivity index (χ1n) is 21.5. The molecule has 0 heterocycles. The van der Waals surface area contributed by atoms with E-state index in [1.54, 1.807) is 6.08 Å². The van der Waals surface area contributed by atoms with Crippen molar-refractivity contribution in [2.24, 2.45) is 0 Å². The summed E-state index contributed by atoms with van der Waals surface area (Å²) >= 11 is 0. The molecule has 0 saturated heterocycles. The van der Waals surface area contributed by atoms with E-state index in [-0.39, 0.29) is 19.4 Å². The fourth-order valence-electron chi connectivity index (χ4n) is 5.79. The lowest BCUT2D eigenvalue weighted by Gasteiger charge is -2.19. The van der Waals surface area contributed by atoms with Gasteiger partial charge >= 0.3 is 19.8 Å². The van der Waals surface area contributed by atoms with Crippen molar-refractivity contribution in [1.82, 2.24) is 0 Å². The molecule has 0 saturated carbocycles. The standard InChI is InChI=1S/C45H79O8P/c1-4-6-8-10-12-14-16-18-20-21-22-23-24-26-27-29-31-33-35-37-39-44(46)51-41-43(42-52-54(48,49)50-3)53-45(47)40-38-36-34-32-30-28-25-19-17-15-13-11-9-7-5-2/h7,9,13,15,19,25,30,32,36,38,43H,4-6,8,10-12,14,16-18,20-24,26-29,31,33-35,37,39-42H2,1-3H3,(H,48,49)/b9-7-,15-13-,25-19-,32-30-,38-36-. The van der Waals surface area contributed by atoms with Gasteiger partial charge in [0.05, 0.1) is 13.0 Å². The molecule has 54 heavy (non-hydrogen) atoms. The van der Waals surface area contributed by atoms with Crippen molar-refractivity contribution in [3.05, 3.63) is 60.8 Å². The van der Waals surface area contributed by atoms with Crippen LogP contribution in [-0.2, 0) is 32.7 Å². The van der Waals surface area contributed by atoms with E-state index < -0.39 is 32.5 Å². The smallest absolute Gasteiger partial charge is 0.462 e. The lowest BCUT2D eigenvalue weighted by molar-refractivity contribution is -0.160. The van der Waals surface area contributed by atoms with Crippen molar-refractivity contribution < 1.29 is 37.6 Å². The summed E-state index contributed by atoms with van der Waals surface area (Å²) in [5.41, 5.74) is 0. The van der Waals surface area contributed by atoms with E-state index in [0.29, 0.717) is 6.42 Å². The molecule has 0 aliphatic heterocycles. The highest BCUT2D eigenvalue weighted by atomic mass is 31.2. The van der Waals surface area contributed by atoms with Crippen LogP contribution in [0.5, 0.6) is 0 Å². The summed E-state index contributed by atoms with van der Waals surface area (Å²) < 4.78 is 31.8. The maximum Gasteiger partial charge on any atom is 0.472 e. The van der Waals surface area contributed by atoms with E-state index >= 15 is 0 Å². The number of esters is 2. The van der Waals surface area contributed by atoms with Gasteiger partial charge in [0.25, 0.3) is 0 Å². The zero-order valence-electron chi connectivity index (χ0n) is 34.6. The SMILES string of the molecule is CC/C=C\C/C=C\C/C=C\C/C=C\C/C=C\CC(=O)OC(COC(=O)CCCCCCCCCCCCCCCCCCCCCC)COP(=O)(O)OC. The first-order valence-corrected chi connectivity index (χ1v) is 23.0. The lowest BCUT2D eigenvalue weighted by atomic mass is 10.0. The summed E-state index contributed by atoms with van der Waals surface area (Å²) in [6.07, 6.45) is 50.2. The molecule has 0 aliphatic carbocycles. The maximum atomic E-state index is 12.4. The number of carbonyl (C=O) groups excluding carboxylic acids is 2. The fourth-order valence-corrected chi connectivity index (χ4v) is 6.25. The largest absolute Gasteiger partial charge is 0.472 e. The summed E-state index contributed by atoms with van der Waals surface area (Å²) in [6.45, 7) is 3.70. The van der Waals surface area contributed by atoms with E-state index in [2.05, 4.69) is 60.9 Å². The van der Waals surface area contributed by atoms with Gasteiger partial charge in [-0.05, 0) is 38.5 Å². The minimum Gasteiger partial charge on any atom is -0.462 e. The third-order valence-corrected chi connectivity index (χ3v) is 10.00. The summed E-state index contributed by atoms with van der Waals surface area (Å²) in [6, 6.07) is 0. The van der Waals surface area contributed by atoms with Gasteiger partial charge in [-0.2, -0.15) is 0 Å². The molecule has 2 unspecified atom stereocenters. The molecular formula is C45H79O8P. The second-order valence-corrected chi connectivity index (χ2v) is 15.7. The van der Waals surface area contributed by atoms with E-state index in [0.717, 1.165) is 52.1 Å². The number of rotatable bonds is 39. The number of hydrogen-bond donors (Lipinski definition) is 1. The van der Waals surface area contributed by atoms with E-state index in [1.807, 2.05) is 12.2 Å². The highest BCUT2D eigenvalue weighted by Gasteiger charge is 2.24. The number of phosphoric acid groups is 1. The first kappa shape index (κ1) is 51.8. The Labute approximate surface area is 330 Å². The van der Waals surface area contributed by atoms with Gasteiger partial charge in [0.2, 0.25) is 0 Å². The third kappa shape index (κ3) is 39.4. The molecule has 0 spiro atoms. The Hall–Kier alpha value is -2.25. The molecule has 0 bridgehead atoms. The molecular weight excluding hydrogens is 699 g/mol. The van der Waals surface area contributed by atoms with E-state index in [4.69, 9.17) is 14.0 Å². The lowest BCUT2D eigenvalue weighted by Crippen LogP contribution is -2.29. The fraction of sp³-hybridized carbons (Fsp3) is 0.733. The Balaban J connectivity index is 4.05. The van der Waals surface area contributed by atoms with Gasteiger partial charge < -0.3 is 14.4 Å². The molecule has 0 aromatic heterocycles. The zero-order valence-corrected chi connectivity index (χ0v) is 35.5. The average Bonchev–Trinajstić information content (AvgIpc) is 3.16. The number of ether oxygens (including phenoxy) is 2. The van der Waals surface area contributed by atoms with Crippen LogP contribution in [0.25, 0.3) is 0 Å². The summed E-state index contributed by atoms with van der Waals surface area (Å²) in [4.78, 5) is 34.4. The van der Waals surface area contributed by atoms with Crippen molar-refractivity contribution in [2.45, 2.75) is 193 Å². The molecule has 0 rings (SSSR count). The van der Waals surface area contributed by atoms with Crippen LogP contribution < -0.4 is 0 Å². The van der Waals surface area contributed by atoms with Crippen molar-refractivity contribution in [3.63, 3.8) is 0 Å². The number of carbonyl (C=O) groups is 2. The third-order valence-electron chi connectivity index (χ3n) is 9.06. The van der Waals surface area contributed by atoms with Gasteiger partial charge in [-0.3, -0.25) is 18.6 Å². The molecule has 0 aliphatic rings. The van der Waals surface area contributed by atoms with Gasteiger partial charge in [0.1, 0.15) is 6.61 Å². The average molecular weight is 779 g/mol. The van der Waals surface area contributed by atoms with Crippen LogP contribution in [-0.4, -0.2) is 43.3 Å². The number of allylic oxidation sites excluding steroid dienone is 9. The Morgan fingerprint density at radius 3 is 1.33 bits per heavy atom. The molecule has 0 radical (unpaired) electrons. The van der Waals surface area contributed by atoms with Crippen LogP contribution in [0.3, 0.4) is 0 Å². The Kier molecular flexibility index (Phi) is 38.7. The Morgan fingerprint density at radius 2 is 0.926 bits per heavy atom. The predicted molar refractivity (Wildman–Crippen MR) is 225 cm³/mol. The Morgan fingerprint density at radius 1 is 0.537 bits per heavy atom. The van der Waals surface area contributed by atoms with Crippen LogP contribution in [0.15, 0.2) is 60.8 Å². The van der Waals surface area contributed by atoms with Gasteiger partial charge in [0, 0.05) is 13.5 Å². The summed E-state index contributed by atoms with van der Waals surface area (Å²) in [5.74, 6) is -0.949. The molecule has 0 aromatic carbocycles. The number of unbranched alkanes of at least 4 members (excludes halogenated alkanes) is 19. The summed E-state index contributed by atoms with van der Waals surface area (Å²) in [5, 5.41) is 0. The second-order valence-electron chi connectivity index (χ2n) is 14.1. The van der Waals surface area contributed by atoms with Crippen LogP contribution >= 0.6 is 7.82 Å². The minimum atomic E-state index is -4.29. The highest BCUT2D eigenvalue weighted by Crippen LogP contribution is 2.42. The van der Waals surface area contributed by atoms with Crippen LogP contribution in [0.4, 0.5) is 0 Å². The van der Waals surface area contributed by atoms with Gasteiger partial charge in [0.15, 0.2) is 6.10 Å². The van der Waals surface area contributed by atoms with Crippen LogP contribution in [0.2, 0.25) is 0 Å². The van der Waals surface area contributed by atoms with E-state index in [1.165, 1.54) is 109 Å². The van der Waals surface area contributed by atoms with Crippen LogP contribution in [0, 0.1) is 0 Å². The monoisotopic (exact) mass is 779 g/mol. The van der Waals surface area contributed by atoms with Gasteiger partial charge in [-0.1, -0.05) is 197 Å². The van der Waals surface area contributed by atoms with Gasteiger partial charge in [-0.15, -0.1) is 0 Å². The maximum absolute atomic E-state index is 12.4. The molecule has 9 heteroatoms. The Bertz CT molecular complexity index is 1060. The minimum absolute atomic E-state index is 0.0123. The molecule has 0 amide bonds. The normalized spacial score (nSPS) is 13.9. The second kappa shape index (κ2) is 40.4. The topological polar surface area (TPSA) is 108 Å². The summed E-state index contributed by atoms with van der Waals surface area (Å²) in [7, 11) is -3.24. The molecule has 1 N–H and O–H groups in total. The zero-order chi connectivity index (χ0) is 39.6. The first-order chi connectivity index (χ1) is 26.3. The molecule has 2 atom stereocenters. The number of phosphoric ester groups is 1. The van der Waals surface area contributed by atoms with Crippen molar-refractivity contribution in [3.8, 4) is 0 Å². The quantitative estimate of drug-likeness (QED) is 0.0284. The highest BCUT2D eigenvalue weighted by molar-refractivity contribution is 7.47. The van der Waals surface area contributed by atoms with Crippen molar-refractivity contribution >= 4 is 19.8 Å². The van der Waals surface area contributed by atoms with Gasteiger partial charge in [-0.25, -0.2) is 4.57 Å². The predicted octanol–water partition coefficient (Wildman–Crippen LogP) is 13.6. The van der Waals surface area contributed by atoms with Crippen molar-refractivity contribution in [1.29, 1.82) is 0 Å². The molecule has 0 aromatic rings. The number of hydrogen-bond acceptors (Lipinski definition) is 7. The molecule has 8 nitrogen and oxygen atoms in total. The van der Waals surface area contributed by atoms with E-state index in [9.17, 15) is 19.0 Å². The molecule has 312 valence electrons. The van der Waals surface area contributed by atoms with Crippen molar-refractivity contribution in [2.75, 3.05) is 20.3 Å². The molecule has 0 fully saturated rings. The van der Waals surface area contributed by atoms with Crippen LogP contribution in [0.1, 0.15) is 187 Å².